The summed E-state index contributed by atoms with van der Waals surface area (Å²) in [5.74, 6) is 0.427. The summed E-state index contributed by atoms with van der Waals surface area (Å²) in [6.07, 6.45) is 2.48. The first kappa shape index (κ1) is 15.9. The van der Waals surface area contributed by atoms with Gasteiger partial charge in [-0.1, -0.05) is 6.92 Å². The van der Waals surface area contributed by atoms with Crippen LogP contribution in [0.2, 0.25) is 0 Å². The standard InChI is InChI=1S/C19H19FN4O/c1-2-13-12-17(23-19(22-13)24-8-10-25-11-9-24)15-5-6-16(20)14-4-3-7-21-18(14)15/h3-7,12H,2,8-11H2,1H3. The van der Waals surface area contributed by atoms with Gasteiger partial charge in [0, 0.05) is 35.9 Å². The molecule has 2 aromatic heterocycles. The van der Waals surface area contributed by atoms with Gasteiger partial charge in [0.1, 0.15) is 5.82 Å². The van der Waals surface area contributed by atoms with Crippen LogP contribution in [-0.4, -0.2) is 41.3 Å². The molecule has 0 saturated carbocycles. The van der Waals surface area contributed by atoms with Crippen molar-refractivity contribution in [3.8, 4) is 11.3 Å². The normalized spacial score (nSPS) is 14.9. The van der Waals surface area contributed by atoms with Crippen LogP contribution in [-0.2, 0) is 11.2 Å². The number of nitrogens with zero attached hydrogens (tertiary/aromatic N) is 4. The van der Waals surface area contributed by atoms with E-state index in [4.69, 9.17) is 9.72 Å². The lowest BCUT2D eigenvalue weighted by molar-refractivity contribution is 0.122. The van der Waals surface area contributed by atoms with Crippen molar-refractivity contribution in [2.24, 2.45) is 0 Å². The highest BCUT2D eigenvalue weighted by Crippen LogP contribution is 2.29. The van der Waals surface area contributed by atoms with Gasteiger partial charge in [-0.2, -0.15) is 0 Å². The summed E-state index contributed by atoms with van der Waals surface area (Å²) >= 11 is 0. The zero-order valence-electron chi connectivity index (χ0n) is 14.1. The molecule has 1 aromatic carbocycles. The average Bonchev–Trinajstić information content (AvgIpc) is 2.69. The van der Waals surface area contributed by atoms with Crippen molar-refractivity contribution in [3.05, 3.63) is 48.0 Å². The van der Waals surface area contributed by atoms with Gasteiger partial charge in [-0.3, -0.25) is 4.98 Å². The highest BCUT2D eigenvalue weighted by Gasteiger charge is 2.17. The largest absolute Gasteiger partial charge is 0.378 e. The molecule has 1 aliphatic heterocycles. The first-order valence-corrected chi connectivity index (χ1v) is 8.50. The second-order valence-electron chi connectivity index (χ2n) is 5.99. The van der Waals surface area contributed by atoms with Crippen molar-refractivity contribution >= 4 is 16.9 Å². The summed E-state index contributed by atoms with van der Waals surface area (Å²) in [6.45, 7) is 4.96. The zero-order valence-corrected chi connectivity index (χ0v) is 14.1. The van der Waals surface area contributed by atoms with E-state index in [-0.39, 0.29) is 5.82 Å². The second kappa shape index (κ2) is 6.72. The molecule has 0 bridgehead atoms. The van der Waals surface area contributed by atoms with Crippen LogP contribution in [0.4, 0.5) is 10.3 Å². The third-order valence-electron chi connectivity index (χ3n) is 4.42. The fourth-order valence-corrected chi connectivity index (χ4v) is 3.05. The van der Waals surface area contributed by atoms with E-state index in [1.54, 1.807) is 24.4 Å². The molecular weight excluding hydrogens is 319 g/mol. The topological polar surface area (TPSA) is 51.1 Å². The quantitative estimate of drug-likeness (QED) is 0.734. The van der Waals surface area contributed by atoms with E-state index in [9.17, 15) is 4.39 Å². The minimum Gasteiger partial charge on any atom is -0.378 e. The maximum absolute atomic E-state index is 14.1. The van der Waals surface area contributed by atoms with Gasteiger partial charge >= 0.3 is 0 Å². The van der Waals surface area contributed by atoms with Crippen LogP contribution < -0.4 is 4.90 Å². The minimum absolute atomic E-state index is 0.273. The molecule has 0 aliphatic carbocycles. The Morgan fingerprint density at radius 2 is 2.00 bits per heavy atom. The van der Waals surface area contributed by atoms with Gasteiger partial charge in [0.05, 0.1) is 24.4 Å². The van der Waals surface area contributed by atoms with Gasteiger partial charge < -0.3 is 9.64 Å². The van der Waals surface area contributed by atoms with Crippen LogP contribution in [0.25, 0.3) is 22.2 Å². The number of hydrogen-bond donors (Lipinski definition) is 0. The van der Waals surface area contributed by atoms with E-state index >= 15 is 0 Å². The van der Waals surface area contributed by atoms with Gasteiger partial charge in [-0.25, -0.2) is 14.4 Å². The maximum atomic E-state index is 14.1. The van der Waals surface area contributed by atoms with E-state index in [0.29, 0.717) is 30.1 Å². The summed E-state index contributed by atoms with van der Waals surface area (Å²) in [5.41, 5.74) is 3.18. The Morgan fingerprint density at radius 1 is 1.16 bits per heavy atom. The number of pyridine rings is 1. The number of aromatic nitrogens is 3. The number of fused-ring (bicyclic) bond motifs is 1. The fourth-order valence-electron chi connectivity index (χ4n) is 3.05. The Bertz CT molecular complexity index is 909. The monoisotopic (exact) mass is 338 g/mol. The zero-order chi connectivity index (χ0) is 17.2. The summed E-state index contributed by atoms with van der Waals surface area (Å²) in [6, 6.07) is 8.67. The van der Waals surface area contributed by atoms with E-state index in [1.165, 1.54) is 6.07 Å². The van der Waals surface area contributed by atoms with E-state index < -0.39 is 0 Å². The van der Waals surface area contributed by atoms with Gasteiger partial charge in [-0.15, -0.1) is 0 Å². The van der Waals surface area contributed by atoms with Gasteiger partial charge in [0.2, 0.25) is 5.95 Å². The molecule has 1 fully saturated rings. The van der Waals surface area contributed by atoms with E-state index in [1.807, 2.05) is 6.07 Å². The molecule has 0 unspecified atom stereocenters. The lowest BCUT2D eigenvalue weighted by Crippen LogP contribution is -2.37. The summed E-state index contributed by atoms with van der Waals surface area (Å²) in [7, 11) is 0. The smallest absolute Gasteiger partial charge is 0.226 e. The van der Waals surface area contributed by atoms with E-state index in [2.05, 4.69) is 21.8 Å². The highest BCUT2D eigenvalue weighted by atomic mass is 19.1. The van der Waals surface area contributed by atoms with Crippen LogP contribution in [0.15, 0.2) is 36.5 Å². The third-order valence-corrected chi connectivity index (χ3v) is 4.42. The van der Waals surface area contributed by atoms with Crippen molar-refractivity contribution in [2.75, 3.05) is 31.2 Å². The number of aryl methyl sites for hydroxylation is 1. The van der Waals surface area contributed by atoms with Crippen molar-refractivity contribution < 1.29 is 9.13 Å². The van der Waals surface area contributed by atoms with Crippen LogP contribution >= 0.6 is 0 Å². The number of benzene rings is 1. The molecule has 1 saturated heterocycles. The van der Waals surface area contributed by atoms with Gasteiger partial charge in [0.25, 0.3) is 0 Å². The molecule has 6 heteroatoms. The lowest BCUT2D eigenvalue weighted by atomic mass is 10.1. The van der Waals surface area contributed by atoms with Gasteiger partial charge in [0.15, 0.2) is 0 Å². The molecule has 5 nitrogen and oxygen atoms in total. The first-order valence-electron chi connectivity index (χ1n) is 8.50. The fraction of sp³-hybridized carbons (Fsp3) is 0.316. The van der Waals surface area contributed by atoms with Crippen LogP contribution in [0.1, 0.15) is 12.6 Å². The Morgan fingerprint density at radius 3 is 2.80 bits per heavy atom. The molecule has 0 amide bonds. The number of anilines is 1. The molecule has 25 heavy (non-hydrogen) atoms. The number of hydrogen-bond acceptors (Lipinski definition) is 5. The Hall–Kier alpha value is -2.60. The molecule has 0 radical (unpaired) electrons. The number of ether oxygens (including phenoxy) is 1. The molecule has 1 aliphatic rings. The van der Waals surface area contributed by atoms with Crippen molar-refractivity contribution in [3.63, 3.8) is 0 Å². The van der Waals surface area contributed by atoms with Crippen LogP contribution in [0.3, 0.4) is 0 Å². The predicted molar refractivity (Wildman–Crippen MR) is 95.1 cm³/mol. The van der Waals surface area contributed by atoms with Crippen LogP contribution in [0.5, 0.6) is 0 Å². The maximum Gasteiger partial charge on any atom is 0.226 e. The molecule has 128 valence electrons. The summed E-state index contributed by atoms with van der Waals surface area (Å²) < 4.78 is 19.5. The summed E-state index contributed by atoms with van der Waals surface area (Å²) in [4.78, 5) is 15.9. The van der Waals surface area contributed by atoms with E-state index in [0.717, 1.165) is 36.5 Å². The predicted octanol–water partition coefficient (Wildman–Crippen LogP) is 3.23. The molecule has 0 atom stereocenters. The number of halogens is 1. The average molecular weight is 338 g/mol. The first-order chi connectivity index (χ1) is 12.3. The highest BCUT2D eigenvalue weighted by molar-refractivity contribution is 5.93. The SMILES string of the molecule is CCc1cc(-c2ccc(F)c3cccnc23)nc(N2CCOCC2)n1. The number of morpholine rings is 1. The Labute approximate surface area is 145 Å². The molecule has 0 N–H and O–H groups in total. The molecule has 3 aromatic rings. The molecule has 0 spiro atoms. The van der Waals surface area contributed by atoms with Crippen molar-refractivity contribution in [1.82, 2.24) is 15.0 Å². The Balaban J connectivity index is 1.86. The Kier molecular flexibility index (Phi) is 4.28. The summed E-state index contributed by atoms with van der Waals surface area (Å²) in [5, 5.41) is 0.504. The molecule has 3 heterocycles. The van der Waals surface area contributed by atoms with Crippen LogP contribution in [0, 0.1) is 5.82 Å². The third kappa shape index (κ3) is 3.05. The lowest BCUT2D eigenvalue weighted by Gasteiger charge is -2.27. The van der Waals surface area contributed by atoms with Crippen molar-refractivity contribution in [2.45, 2.75) is 13.3 Å². The van der Waals surface area contributed by atoms with Crippen molar-refractivity contribution in [1.29, 1.82) is 0 Å². The number of rotatable bonds is 3. The minimum atomic E-state index is -0.273. The molecular formula is C19H19FN4O. The second-order valence-corrected chi connectivity index (χ2v) is 5.99. The van der Waals surface area contributed by atoms with Gasteiger partial charge in [-0.05, 0) is 36.8 Å². The molecule has 4 rings (SSSR count).